The maximum atomic E-state index is 6.18. The second-order valence-corrected chi connectivity index (χ2v) is 12.1. The maximum Gasteiger partial charge on any atom is 0.293 e. The Hall–Kier alpha value is -1.96. The van der Waals surface area contributed by atoms with Gasteiger partial charge < -0.3 is 26.5 Å². The first-order chi connectivity index (χ1) is 23.8. The number of aryl methyl sites for hydroxylation is 1. The molecule has 0 aliphatic carbocycles. The lowest BCUT2D eigenvalue weighted by atomic mass is 9.37. The van der Waals surface area contributed by atoms with Crippen LogP contribution >= 0.6 is 23.4 Å². The normalized spacial score (nSPS) is 8.13. The Morgan fingerprint density at radius 1 is 0.541 bits per heavy atom. The Morgan fingerprint density at radius 2 is 0.820 bits per heavy atom. The van der Waals surface area contributed by atoms with Crippen molar-refractivity contribution in [2.45, 2.75) is 99.8 Å². The van der Waals surface area contributed by atoms with E-state index in [9.17, 15) is 0 Å². The lowest BCUT2D eigenvalue weighted by Gasteiger charge is -2.34. The summed E-state index contributed by atoms with van der Waals surface area (Å²) in [5, 5.41) is 2.75. The van der Waals surface area contributed by atoms with Gasteiger partial charge in [-0.25, -0.2) is 0 Å². The molecule has 1 aromatic heterocycles. The second-order valence-electron chi connectivity index (χ2n) is 12.1. The summed E-state index contributed by atoms with van der Waals surface area (Å²) in [4.78, 5) is 6.35. The first-order valence-corrected chi connectivity index (χ1v) is 18.8. The van der Waals surface area contributed by atoms with E-state index in [0.717, 1.165) is 37.6 Å². The van der Waals surface area contributed by atoms with Crippen molar-refractivity contribution >= 4 is 121 Å². The highest BCUT2D eigenvalue weighted by atomic mass is 32.1. The number of rotatable bonds is 13. The molecule has 1 heterocycles. The summed E-state index contributed by atoms with van der Waals surface area (Å²) in [6.45, 7) is 24.0. The van der Waals surface area contributed by atoms with Gasteiger partial charge >= 0.3 is 0 Å². The highest BCUT2D eigenvalue weighted by molar-refractivity contribution is 7.59. The van der Waals surface area contributed by atoms with Crippen LogP contribution in [0.25, 0.3) is 0 Å². The molecule has 0 radical (unpaired) electrons. The van der Waals surface area contributed by atoms with E-state index in [-0.39, 0.29) is 108 Å². The summed E-state index contributed by atoms with van der Waals surface area (Å²) in [6.07, 6.45) is 7.47. The molecule has 4 rings (SSSR count). The van der Waals surface area contributed by atoms with Crippen molar-refractivity contribution in [3.8, 4) is 0 Å². The zero-order valence-corrected chi connectivity index (χ0v) is 37.9. The Labute approximate surface area is 404 Å². The fraction of sp³-hybridized carbons (Fsp3) is 0.465. The fourth-order valence-electron chi connectivity index (χ4n) is 5.44. The average molecular weight is 879 g/mol. The van der Waals surface area contributed by atoms with Crippen LogP contribution in [0.1, 0.15) is 80.3 Å². The van der Waals surface area contributed by atoms with E-state index in [1.54, 1.807) is 6.20 Å². The van der Waals surface area contributed by atoms with Crippen LogP contribution in [-0.4, -0.2) is 136 Å². The number of pyridine rings is 1. The van der Waals surface area contributed by atoms with E-state index in [2.05, 4.69) is 162 Å². The Balaban J connectivity index is -0.0000000447. The Morgan fingerprint density at radius 3 is 0.984 bits per heavy atom. The van der Waals surface area contributed by atoms with E-state index in [4.69, 9.17) is 4.65 Å². The van der Waals surface area contributed by atoms with Crippen LogP contribution in [0.4, 0.5) is 0 Å². The minimum absolute atomic E-state index is 0. The predicted octanol–water partition coefficient (Wildman–Crippen LogP) is -1.18. The van der Waals surface area contributed by atoms with Gasteiger partial charge in [0, 0.05) is 11.9 Å². The third kappa shape index (κ3) is 41.8. The van der Waals surface area contributed by atoms with E-state index in [1.807, 2.05) is 39.2 Å². The molecule has 6 N–H and O–H groups in total. The van der Waals surface area contributed by atoms with E-state index in [0.29, 0.717) is 13.6 Å². The monoisotopic (exact) mass is 881 g/mol. The van der Waals surface area contributed by atoms with Crippen molar-refractivity contribution in [1.29, 1.82) is 0 Å². The van der Waals surface area contributed by atoms with Gasteiger partial charge in [-0.1, -0.05) is 181 Å². The summed E-state index contributed by atoms with van der Waals surface area (Å²) in [6, 6.07) is 37.9. The van der Waals surface area contributed by atoms with Gasteiger partial charge in [0.1, 0.15) is 0 Å². The van der Waals surface area contributed by atoms with Crippen molar-refractivity contribution in [2.24, 2.45) is 0 Å². The molecule has 0 fully saturated rings. The molecular weight excluding hydrogens is 776 g/mol. The Bertz CT molecular complexity index is 1180. The van der Waals surface area contributed by atoms with Gasteiger partial charge in [-0.05, 0) is 72.0 Å². The first-order valence-electron chi connectivity index (χ1n) is 18.8. The van der Waals surface area contributed by atoms with Gasteiger partial charge in [-0.15, -0.1) is 0 Å². The molecule has 0 amide bonds. The molecule has 1 unspecified atom stereocenters. The van der Waals surface area contributed by atoms with E-state index in [1.165, 1.54) is 36.0 Å². The molecule has 61 heavy (non-hydrogen) atoms. The summed E-state index contributed by atoms with van der Waals surface area (Å²) < 4.78 is 6.18. The van der Waals surface area contributed by atoms with E-state index < -0.39 is 0 Å². The molecule has 0 spiro atoms. The summed E-state index contributed by atoms with van der Waals surface area (Å²) >= 11 is 0. The predicted molar refractivity (Wildman–Crippen MR) is 332 cm³/mol. The summed E-state index contributed by atoms with van der Waals surface area (Å²) in [5.74, 6) is 0. The lowest BCUT2D eigenvalue weighted by Crippen LogP contribution is -2.51. The highest BCUT2D eigenvalue weighted by Gasteiger charge is 2.28. The molecule has 4 aromatic rings. The molecule has 348 valence electrons. The molecule has 18 heteroatoms. The van der Waals surface area contributed by atoms with Gasteiger partial charge in [0.25, 0.3) is 6.92 Å². The molecule has 3 aromatic carbocycles. The number of nitrogens with one attached hydrogen (secondary N) is 1. The first kappa shape index (κ1) is 93.8. The Kier molecular flexibility index (Phi) is 95.9. The maximum absolute atomic E-state index is 6.18. The standard InChI is InChI=1S/C18H15B.C11H25BO.C6H7N.C6H15N.C2H7N.8BH3.H3N.H2O.H3P.H2S/c1-4-10-16(11-5-1)19(17-12-6-2-7-13-17)18-14-8-3-9-15-18;1-6-11(7-2,8-3)13-12(9-4)10-5;1-6-4-2-3-5-7-6;1-4-7(5-2)6-3;1-3-2;;;;;;;;;;;;/h1-15H;6-10H2,1-5H3;2-5H,1H3;4-6H2,1-3H3;3H,1-2H3;9*1H3;1H2;1H3;1H2. The largest absolute Gasteiger partial charge is 0.431 e. The van der Waals surface area contributed by atoms with Gasteiger partial charge in [0.2, 0.25) is 6.71 Å². The molecule has 0 saturated carbocycles. The average Bonchev–Trinajstić information content (AvgIpc) is 3.16. The minimum atomic E-state index is 0. The molecule has 0 bridgehead atoms. The number of hydrogen-bond acceptors (Lipinski definition) is 5. The van der Waals surface area contributed by atoms with Crippen molar-refractivity contribution in [3.63, 3.8) is 0 Å². The second kappa shape index (κ2) is 62.3. The molecular formula is C43H103B10N4O2PS. The third-order valence-corrected chi connectivity index (χ3v) is 8.81. The zero-order valence-electron chi connectivity index (χ0n) is 35.5. The number of nitrogens with zero attached hydrogens (tertiary/aromatic N) is 2. The van der Waals surface area contributed by atoms with Crippen LogP contribution in [0.3, 0.4) is 0 Å². The molecule has 1 atom stereocenters. The van der Waals surface area contributed by atoms with Crippen molar-refractivity contribution in [2.75, 3.05) is 33.7 Å². The van der Waals surface area contributed by atoms with Crippen LogP contribution in [0.15, 0.2) is 115 Å². The lowest BCUT2D eigenvalue weighted by molar-refractivity contribution is 0.0528. The molecule has 0 aliphatic heterocycles. The van der Waals surface area contributed by atoms with Gasteiger partial charge in [0.15, 0.2) is 0 Å². The quantitative estimate of drug-likeness (QED) is 0.130. The summed E-state index contributed by atoms with van der Waals surface area (Å²) in [5.41, 5.74) is 5.22. The number of benzene rings is 3. The van der Waals surface area contributed by atoms with Crippen molar-refractivity contribution < 1.29 is 10.1 Å². The van der Waals surface area contributed by atoms with Crippen LogP contribution < -0.4 is 27.9 Å². The highest BCUT2D eigenvalue weighted by Crippen LogP contribution is 2.26. The van der Waals surface area contributed by atoms with Crippen LogP contribution in [0.5, 0.6) is 0 Å². The number of aromatic nitrogens is 1. The minimum Gasteiger partial charge on any atom is -0.431 e. The zero-order chi connectivity index (χ0) is 36.8. The van der Waals surface area contributed by atoms with Crippen molar-refractivity contribution in [1.82, 2.24) is 21.4 Å². The SMILES string of the molecule is B.B.B.B.B.B.B.B.CCB(CC)OC(CC)(CC)CC.CCN(CC)CC.CNC.Cc1ccccn1.N.O.P.S.c1ccc(B(c2ccccc2)c2ccccc2)cc1. The smallest absolute Gasteiger partial charge is 0.293 e. The van der Waals surface area contributed by atoms with Crippen LogP contribution in [-0.2, 0) is 4.65 Å². The van der Waals surface area contributed by atoms with Crippen LogP contribution in [0.2, 0.25) is 12.6 Å². The molecule has 0 saturated heterocycles. The third-order valence-electron chi connectivity index (χ3n) is 8.81. The topological polar surface area (TPSA) is 104 Å². The van der Waals surface area contributed by atoms with Crippen LogP contribution in [0, 0.1) is 6.92 Å². The van der Waals surface area contributed by atoms with Gasteiger partial charge in [-0.3, -0.25) is 4.98 Å². The fourth-order valence-corrected chi connectivity index (χ4v) is 5.44. The van der Waals surface area contributed by atoms with Crippen molar-refractivity contribution in [3.05, 3.63) is 121 Å². The van der Waals surface area contributed by atoms with E-state index >= 15 is 0 Å². The van der Waals surface area contributed by atoms with Gasteiger partial charge in [-0.2, -0.15) is 23.4 Å². The summed E-state index contributed by atoms with van der Waals surface area (Å²) in [7, 11) is 3.75. The number of hydrogen-bond donors (Lipinski definition) is 2. The molecule has 0 aliphatic rings. The van der Waals surface area contributed by atoms with Gasteiger partial charge in [0.05, 0.1) is 72.9 Å². The molecule has 6 nitrogen and oxygen atoms in total.